The summed E-state index contributed by atoms with van der Waals surface area (Å²) in [7, 11) is 0. The second kappa shape index (κ2) is 3.88. The van der Waals surface area contributed by atoms with Gasteiger partial charge in [-0.05, 0) is 24.1 Å². The first-order chi connectivity index (χ1) is 6.36. The Balaban J connectivity index is 2.25. The smallest absolute Gasteiger partial charge is 0.0229 e. The molecule has 0 N–H and O–H groups in total. The number of benzene rings is 1. The summed E-state index contributed by atoms with van der Waals surface area (Å²) in [5.41, 5.74) is 1.32. The van der Waals surface area contributed by atoms with Crippen molar-refractivity contribution in [2.24, 2.45) is 4.99 Å². The third-order valence-corrected chi connectivity index (χ3v) is 2.62. The van der Waals surface area contributed by atoms with Crippen molar-refractivity contribution < 1.29 is 0 Å². The highest BCUT2D eigenvalue weighted by atomic mass is 79.9. The van der Waals surface area contributed by atoms with Gasteiger partial charge in [0.25, 0.3) is 0 Å². The number of rotatable bonds is 1. The molecule has 1 aliphatic rings. The fraction of sp³-hybridized carbons (Fsp3) is 0.182. The van der Waals surface area contributed by atoms with Crippen molar-refractivity contribution in [3.63, 3.8) is 0 Å². The lowest BCUT2D eigenvalue weighted by atomic mass is 9.96. The van der Waals surface area contributed by atoms with Crippen LogP contribution in [0.4, 0.5) is 0 Å². The minimum atomic E-state index is 0.447. The van der Waals surface area contributed by atoms with E-state index in [0.29, 0.717) is 5.92 Å². The molecule has 0 aliphatic carbocycles. The first-order valence-electron chi connectivity index (χ1n) is 4.30. The molecule has 1 atom stereocenters. The summed E-state index contributed by atoms with van der Waals surface area (Å²) in [6.07, 6.45) is 7.02. The summed E-state index contributed by atoms with van der Waals surface area (Å²) < 4.78 is 1.13. The second-order valence-electron chi connectivity index (χ2n) is 3.08. The normalized spacial score (nSPS) is 20.5. The monoisotopic (exact) mass is 235 g/mol. The van der Waals surface area contributed by atoms with Crippen LogP contribution >= 0.6 is 15.9 Å². The highest BCUT2D eigenvalue weighted by molar-refractivity contribution is 9.10. The maximum Gasteiger partial charge on any atom is 0.0229 e. The average Bonchev–Trinajstić information content (AvgIpc) is 2.19. The number of hydrogen-bond donors (Lipinski definition) is 0. The summed E-state index contributed by atoms with van der Waals surface area (Å²) in [6, 6.07) is 8.39. The molecule has 1 heterocycles. The van der Waals surface area contributed by atoms with Crippen LogP contribution in [0.5, 0.6) is 0 Å². The number of nitrogens with zero attached hydrogens (tertiary/aromatic N) is 1. The molecule has 13 heavy (non-hydrogen) atoms. The summed E-state index contributed by atoms with van der Waals surface area (Å²) in [5, 5.41) is 0. The standard InChI is InChI=1S/C11H10BrN/c12-11-5-1-3-9(7-11)10-4-2-6-13-8-10/h1-3,5-8,10H,4H2. The quantitative estimate of drug-likeness (QED) is 0.707. The first-order valence-corrected chi connectivity index (χ1v) is 5.09. The van der Waals surface area contributed by atoms with Crippen LogP contribution in [0.25, 0.3) is 0 Å². The van der Waals surface area contributed by atoms with Crippen molar-refractivity contribution in [3.05, 3.63) is 46.6 Å². The molecule has 0 fully saturated rings. The van der Waals surface area contributed by atoms with E-state index in [4.69, 9.17) is 0 Å². The Morgan fingerprint density at radius 1 is 1.38 bits per heavy atom. The summed E-state index contributed by atoms with van der Waals surface area (Å²) >= 11 is 3.47. The van der Waals surface area contributed by atoms with Gasteiger partial charge in [0.2, 0.25) is 0 Å². The number of aliphatic imine (C=N–C) groups is 1. The van der Waals surface area contributed by atoms with E-state index >= 15 is 0 Å². The van der Waals surface area contributed by atoms with E-state index < -0.39 is 0 Å². The minimum Gasteiger partial charge on any atom is -0.269 e. The highest BCUT2D eigenvalue weighted by Gasteiger charge is 2.08. The van der Waals surface area contributed by atoms with Crippen LogP contribution in [0.2, 0.25) is 0 Å². The molecule has 0 bridgehead atoms. The van der Waals surface area contributed by atoms with Gasteiger partial charge in [0.1, 0.15) is 0 Å². The number of halogens is 1. The van der Waals surface area contributed by atoms with Gasteiger partial charge in [0, 0.05) is 22.8 Å². The van der Waals surface area contributed by atoms with E-state index in [1.54, 1.807) is 0 Å². The molecule has 0 aromatic heterocycles. The van der Waals surface area contributed by atoms with Crippen molar-refractivity contribution in [2.45, 2.75) is 12.3 Å². The van der Waals surface area contributed by atoms with Gasteiger partial charge in [0.05, 0.1) is 0 Å². The fourth-order valence-corrected chi connectivity index (χ4v) is 1.86. The van der Waals surface area contributed by atoms with Gasteiger partial charge < -0.3 is 0 Å². The predicted molar refractivity (Wildman–Crippen MR) is 59.1 cm³/mol. The van der Waals surface area contributed by atoms with E-state index in [1.807, 2.05) is 18.5 Å². The molecule has 66 valence electrons. The van der Waals surface area contributed by atoms with Gasteiger partial charge >= 0.3 is 0 Å². The van der Waals surface area contributed by atoms with E-state index in [0.717, 1.165) is 10.9 Å². The van der Waals surface area contributed by atoms with Gasteiger partial charge in [-0.15, -0.1) is 0 Å². The lowest BCUT2D eigenvalue weighted by molar-refractivity contribution is 0.908. The molecule has 1 unspecified atom stereocenters. The van der Waals surface area contributed by atoms with Gasteiger partial charge in [0.15, 0.2) is 0 Å². The predicted octanol–water partition coefficient (Wildman–Crippen LogP) is 3.52. The molecule has 1 aromatic carbocycles. The number of hydrogen-bond acceptors (Lipinski definition) is 1. The third kappa shape index (κ3) is 2.07. The van der Waals surface area contributed by atoms with E-state index in [9.17, 15) is 0 Å². The molecule has 2 heteroatoms. The molecule has 2 rings (SSSR count). The fourth-order valence-electron chi connectivity index (χ4n) is 1.44. The van der Waals surface area contributed by atoms with E-state index in [-0.39, 0.29) is 0 Å². The second-order valence-corrected chi connectivity index (χ2v) is 4.00. The maximum absolute atomic E-state index is 4.14. The number of allylic oxidation sites excluding steroid dienone is 1. The molecule has 1 nitrogen and oxygen atoms in total. The van der Waals surface area contributed by atoms with Crippen LogP contribution in [0.1, 0.15) is 17.9 Å². The molecule has 0 spiro atoms. The average molecular weight is 236 g/mol. The molecular formula is C11H10BrN. The van der Waals surface area contributed by atoms with Crippen LogP contribution < -0.4 is 0 Å². The van der Waals surface area contributed by atoms with E-state index in [2.05, 4.69) is 45.2 Å². The molecule has 0 radical (unpaired) electrons. The van der Waals surface area contributed by atoms with Crippen LogP contribution in [-0.4, -0.2) is 6.21 Å². The van der Waals surface area contributed by atoms with Crippen molar-refractivity contribution in [2.75, 3.05) is 0 Å². The zero-order valence-electron chi connectivity index (χ0n) is 7.15. The summed E-state index contributed by atoms with van der Waals surface area (Å²) in [5.74, 6) is 0.447. The third-order valence-electron chi connectivity index (χ3n) is 2.12. The van der Waals surface area contributed by atoms with E-state index in [1.165, 1.54) is 5.56 Å². The topological polar surface area (TPSA) is 12.4 Å². The van der Waals surface area contributed by atoms with Crippen LogP contribution in [0.3, 0.4) is 0 Å². The van der Waals surface area contributed by atoms with Gasteiger partial charge in [-0.2, -0.15) is 0 Å². The molecular weight excluding hydrogens is 226 g/mol. The van der Waals surface area contributed by atoms with Gasteiger partial charge in [-0.25, -0.2) is 0 Å². The van der Waals surface area contributed by atoms with Gasteiger partial charge in [-0.1, -0.05) is 34.1 Å². The molecule has 1 aromatic rings. The van der Waals surface area contributed by atoms with Crippen LogP contribution in [-0.2, 0) is 0 Å². The SMILES string of the molecule is Brc1cccc(C2C=NC=CC2)c1. The van der Waals surface area contributed by atoms with Crippen molar-refractivity contribution in [1.82, 2.24) is 0 Å². The maximum atomic E-state index is 4.14. The highest BCUT2D eigenvalue weighted by Crippen LogP contribution is 2.23. The Morgan fingerprint density at radius 2 is 2.31 bits per heavy atom. The Labute approximate surface area is 86.3 Å². The Hall–Kier alpha value is -0.890. The minimum absolute atomic E-state index is 0.447. The summed E-state index contributed by atoms with van der Waals surface area (Å²) in [4.78, 5) is 4.14. The van der Waals surface area contributed by atoms with Crippen molar-refractivity contribution in [3.8, 4) is 0 Å². The zero-order valence-corrected chi connectivity index (χ0v) is 8.74. The lowest BCUT2D eigenvalue weighted by Crippen LogP contribution is -2.01. The molecule has 0 saturated heterocycles. The summed E-state index contributed by atoms with van der Waals surface area (Å²) in [6.45, 7) is 0. The van der Waals surface area contributed by atoms with Crippen LogP contribution in [0.15, 0.2) is 46.0 Å². The Kier molecular flexibility index (Phi) is 2.60. The molecule has 1 aliphatic heterocycles. The Bertz CT molecular complexity index is 355. The lowest BCUT2D eigenvalue weighted by Gasteiger charge is -2.12. The largest absolute Gasteiger partial charge is 0.269 e. The van der Waals surface area contributed by atoms with Crippen molar-refractivity contribution >= 4 is 22.1 Å². The van der Waals surface area contributed by atoms with Gasteiger partial charge in [-0.3, -0.25) is 4.99 Å². The Morgan fingerprint density at radius 3 is 3.00 bits per heavy atom. The van der Waals surface area contributed by atoms with Crippen molar-refractivity contribution in [1.29, 1.82) is 0 Å². The molecule has 0 saturated carbocycles. The molecule has 0 amide bonds. The first kappa shape index (κ1) is 8.70. The zero-order chi connectivity index (χ0) is 9.10. The van der Waals surface area contributed by atoms with Crippen LogP contribution in [0, 0.1) is 0 Å².